The number of para-hydroxylation sites is 1. The summed E-state index contributed by atoms with van der Waals surface area (Å²) in [7, 11) is 3.94. The Morgan fingerprint density at radius 2 is 2.07 bits per heavy atom. The normalized spacial score (nSPS) is 21.0. The molecule has 76 valence electrons. The standard InChI is InChI=1S/C11H16N2O/c1-8-5-4-6-9-11(8)12(2)7-10(14)13(9)3/h4-6,10,14H,7H2,1-3H3. The van der Waals surface area contributed by atoms with Crippen molar-refractivity contribution in [1.29, 1.82) is 0 Å². The first-order valence-corrected chi connectivity index (χ1v) is 4.83. The molecule has 0 aliphatic carbocycles. The fraction of sp³-hybridized carbons (Fsp3) is 0.455. The number of aliphatic hydroxyl groups is 1. The molecule has 1 heterocycles. The van der Waals surface area contributed by atoms with Gasteiger partial charge >= 0.3 is 0 Å². The van der Waals surface area contributed by atoms with E-state index >= 15 is 0 Å². The molecule has 14 heavy (non-hydrogen) atoms. The second kappa shape index (κ2) is 3.17. The Labute approximate surface area is 84.6 Å². The van der Waals surface area contributed by atoms with Gasteiger partial charge in [-0.15, -0.1) is 0 Å². The molecule has 0 saturated heterocycles. The Hall–Kier alpha value is -1.22. The van der Waals surface area contributed by atoms with Crippen LogP contribution in [0.5, 0.6) is 0 Å². The van der Waals surface area contributed by atoms with Gasteiger partial charge in [0.05, 0.1) is 17.9 Å². The summed E-state index contributed by atoms with van der Waals surface area (Å²) < 4.78 is 0. The van der Waals surface area contributed by atoms with E-state index in [1.807, 2.05) is 31.1 Å². The predicted octanol–water partition coefficient (Wildman–Crippen LogP) is 1.20. The predicted molar refractivity (Wildman–Crippen MR) is 58.9 cm³/mol. The van der Waals surface area contributed by atoms with E-state index in [9.17, 15) is 5.11 Å². The lowest BCUT2D eigenvalue weighted by molar-refractivity contribution is 0.177. The minimum Gasteiger partial charge on any atom is -0.372 e. The van der Waals surface area contributed by atoms with Gasteiger partial charge in [0.1, 0.15) is 6.23 Å². The fourth-order valence-corrected chi connectivity index (χ4v) is 2.04. The van der Waals surface area contributed by atoms with Crippen molar-refractivity contribution >= 4 is 11.4 Å². The van der Waals surface area contributed by atoms with Crippen LogP contribution in [-0.4, -0.2) is 32.0 Å². The highest BCUT2D eigenvalue weighted by molar-refractivity contribution is 5.76. The molecule has 2 rings (SSSR count). The molecule has 0 spiro atoms. The molecule has 1 atom stereocenters. The number of hydrogen-bond donors (Lipinski definition) is 1. The smallest absolute Gasteiger partial charge is 0.144 e. The van der Waals surface area contributed by atoms with Gasteiger partial charge in [0.2, 0.25) is 0 Å². The Morgan fingerprint density at radius 3 is 2.79 bits per heavy atom. The first-order chi connectivity index (χ1) is 6.61. The molecular weight excluding hydrogens is 176 g/mol. The van der Waals surface area contributed by atoms with Gasteiger partial charge in [0.15, 0.2) is 0 Å². The van der Waals surface area contributed by atoms with Crippen molar-refractivity contribution in [3.05, 3.63) is 23.8 Å². The molecule has 3 nitrogen and oxygen atoms in total. The molecule has 1 aromatic rings. The fourth-order valence-electron chi connectivity index (χ4n) is 2.04. The van der Waals surface area contributed by atoms with Crippen molar-refractivity contribution in [3.63, 3.8) is 0 Å². The van der Waals surface area contributed by atoms with Crippen LogP contribution in [0.1, 0.15) is 5.56 Å². The molecule has 0 fully saturated rings. The average Bonchev–Trinajstić information content (AvgIpc) is 2.14. The molecule has 1 unspecified atom stereocenters. The van der Waals surface area contributed by atoms with Crippen LogP contribution >= 0.6 is 0 Å². The molecule has 0 bridgehead atoms. The molecule has 1 N–H and O–H groups in total. The van der Waals surface area contributed by atoms with Gasteiger partial charge in [0.25, 0.3) is 0 Å². The van der Waals surface area contributed by atoms with E-state index in [0.717, 1.165) is 5.69 Å². The lowest BCUT2D eigenvalue weighted by atomic mass is 10.1. The number of anilines is 2. The van der Waals surface area contributed by atoms with Crippen molar-refractivity contribution in [2.24, 2.45) is 0 Å². The van der Waals surface area contributed by atoms with Crippen molar-refractivity contribution in [2.75, 3.05) is 30.4 Å². The Bertz CT molecular complexity index is 351. The summed E-state index contributed by atoms with van der Waals surface area (Å²) in [6.45, 7) is 2.76. The van der Waals surface area contributed by atoms with Gasteiger partial charge in [-0.05, 0) is 18.6 Å². The molecule has 1 aromatic carbocycles. The van der Waals surface area contributed by atoms with E-state index in [0.29, 0.717) is 6.54 Å². The van der Waals surface area contributed by atoms with Crippen molar-refractivity contribution in [1.82, 2.24) is 0 Å². The molecule has 1 aliphatic heterocycles. The molecule has 0 radical (unpaired) electrons. The maximum atomic E-state index is 9.77. The molecule has 0 saturated carbocycles. The number of aryl methyl sites for hydroxylation is 1. The van der Waals surface area contributed by atoms with E-state index in [-0.39, 0.29) is 0 Å². The maximum Gasteiger partial charge on any atom is 0.144 e. The molecular formula is C11H16N2O. The largest absolute Gasteiger partial charge is 0.372 e. The highest BCUT2D eigenvalue weighted by Gasteiger charge is 2.25. The van der Waals surface area contributed by atoms with Gasteiger partial charge in [-0.3, -0.25) is 0 Å². The highest BCUT2D eigenvalue weighted by Crippen LogP contribution is 2.35. The van der Waals surface area contributed by atoms with Crippen LogP contribution in [0.15, 0.2) is 18.2 Å². The van der Waals surface area contributed by atoms with E-state index in [4.69, 9.17) is 0 Å². The number of likely N-dealkylation sites (N-methyl/N-ethyl adjacent to an activating group) is 2. The maximum absolute atomic E-state index is 9.77. The number of benzene rings is 1. The van der Waals surface area contributed by atoms with Crippen LogP contribution < -0.4 is 9.80 Å². The number of β-amino-alcohol motifs (C(OH)–C–C–N with tert-alkyl or cyclic N) is 1. The van der Waals surface area contributed by atoms with Gasteiger partial charge < -0.3 is 14.9 Å². The minimum absolute atomic E-state index is 0.408. The monoisotopic (exact) mass is 192 g/mol. The second-order valence-electron chi connectivity index (χ2n) is 3.91. The first kappa shape index (κ1) is 9.34. The zero-order valence-corrected chi connectivity index (χ0v) is 8.86. The summed E-state index contributed by atoms with van der Waals surface area (Å²) in [4.78, 5) is 4.03. The van der Waals surface area contributed by atoms with E-state index < -0.39 is 6.23 Å². The number of rotatable bonds is 0. The number of fused-ring (bicyclic) bond motifs is 1. The minimum atomic E-state index is -0.408. The second-order valence-corrected chi connectivity index (χ2v) is 3.91. The van der Waals surface area contributed by atoms with Crippen LogP contribution in [0.2, 0.25) is 0 Å². The molecule has 0 amide bonds. The Morgan fingerprint density at radius 1 is 1.36 bits per heavy atom. The third-order valence-electron chi connectivity index (χ3n) is 2.86. The molecule has 0 aromatic heterocycles. The van der Waals surface area contributed by atoms with Gasteiger partial charge in [-0.2, -0.15) is 0 Å². The Kier molecular flexibility index (Phi) is 2.11. The van der Waals surface area contributed by atoms with E-state index in [1.165, 1.54) is 11.3 Å². The summed E-state index contributed by atoms with van der Waals surface area (Å²) >= 11 is 0. The molecule has 3 heteroatoms. The van der Waals surface area contributed by atoms with Crippen LogP contribution in [-0.2, 0) is 0 Å². The summed E-state index contributed by atoms with van der Waals surface area (Å²) in [5.74, 6) is 0. The lowest BCUT2D eigenvalue weighted by Crippen LogP contribution is -2.45. The lowest BCUT2D eigenvalue weighted by Gasteiger charge is -2.39. The van der Waals surface area contributed by atoms with Crippen LogP contribution in [0.25, 0.3) is 0 Å². The topological polar surface area (TPSA) is 26.7 Å². The number of aliphatic hydroxyl groups excluding tert-OH is 1. The summed E-state index contributed by atoms with van der Waals surface area (Å²) in [6, 6.07) is 6.17. The van der Waals surface area contributed by atoms with Crippen molar-refractivity contribution in [3.8, 4) is 0 Å². The van der Waals surface area contributed by atoms with Gasteiger partial charge in [0, 0.05) is 14.1 Å². The van der Waals surface area contributed by atoms with Crippen LogP contribution in [0.4, 0.5) is 11.4 Å². The third-order valence-corrected chi connectivity index (χ3v) is 2.86. The van der Waals surface area contributed by atoms with Crippen LogP contribution in [0.3, 0.4) is 0 Å². The first-order valence-electron chi connectivity index (χ1n) is 4.83. The Balaban J connectivity index is 2.55. The third kappa shape index (κ3) is 1.24. The van der Waals surface area contributed by atoms with E-state index in [1.54, 1.807) is 0 Å². The van der Waals surface area contributed by atoms with Crippen molar-refractivity contribution < 1.29 is 5.11 Å². The van der Waals surface area contributed by atoms with Crippen molar-refractivity contribution in [2.45, 2.75) is 13.2 Å². The quantitative estimate of drug-likeness (QED) is 0.669. The average molecular weight is 192 g/mol. The van der Waals surface area contributed by atoms with Crippen LogP contribution in [0, 0.1) is 6.92 Å². The summed E-state index contributed by atoms with van der Waals surface area (Å²) in [5.41, 5.74) is 3.58. The van der Waals surface area contributed by atoms with Gasteiger partial charge in [-0.25, -0.2) is 0 Å². The highest BCUT2D eigenvalue weighted by atomic mass is 16.3. The van der Waals surface area contributed by atoms with E-state index in [2.05, 4.69) is 17.9 Å². The SMILES string of the molecule is Cc1cccc2c1N(C)CC(O)N2C. The molecule has 1 aliphatic rings. The number of hydrogen-bond acceptors (Lipinski definition) is 3. The summed E-state index contributed by atoms with van der Waals surface area (Å²) in [5, 5.41) is 9.77. The summed E-state index contributed by atoms with van der Waals surface area (Å²) in [6.07, 6.45) is -0.408. The van der Waals surface area contributed by atoms with Gasteiger partial charge in [-0.1, -0.05) is 12.1 Å². The zero-order valence-electron chi connectivity index (χ0n) is 8.86. The zero-order chi connectivity index (χ0) is 10.3. The number of nitrogens with zero attached hydrogens (tertiary/aromatic N) is 2.